The molecular weight excluding hydrogens is 252 g/mol. The Morgan fingerprint density at radius 2 is 2.05 bits per heavy atom. The van der Waals surface area contributed by atoms with E-state index in [1.807, 2.05) is 11.0 Å². The lowest BCUT2D eigenvalue weighted by Gasteiger charge is -2.52. The van der Waals surface area contributed by atoms with E-state index in [0.29, 0.717) is 12.0 Å². The number of ether oxygens (including phenoxy) is 1. The van der Waals surface area contributed by atoms with E-state index in [4.69, 9.17) is 4.74 Å². The van der Waals surface area contributed by atoms with Gasteiger partial charge in [-0.25, -0.2) is 0 Å². The molecule has 1 saturated carbocycles. The maximum absolute atomic E-state index is 12.5. The summed E-state index contributed by atoms with van der Waals surface area (Å²) < 4.78 is 5.43. The van der Waals surface area contributed by atoms with Crippen LogP contribution >= 0.6 is 0 Å². The van der Waals surface area contributed by atoms with E-state index in [1.54, 1.807) is 0 Å². The Balaban J connectivity index is 1.45. The second-order valence-electron chi connectivity index (χ2n) is 6.71. The maximum atomic E-state index is 12.5. The van der Waals surface area contributed by atoms with Crippen LogP contribution in [0, 0.1) is 5.41 Å². The first-order chi connectivity index (χ1) is 9.76. The van der Waals surface area contributed by atoms with Crippen molar-refractivity contribution in [2.75, 3.05) is 19.7 Å². The molecule has 0 atom stereocenters. The molecule has 1 aromatic rings. The molecule has 1 spiro atoms. The number of fused-ring (bicyclic) bond motifs is 1. The largest absolute Gasteiger partial charge is 0.376 e. The summed E-state index contributed by atoms with van der Waals surface area (Å²) >= 11 is 0. The molecule has 1 N–H and O–H groups in total. The molecule has 1 aromatic heterocycles. The molecule has 4 heteroatoms. The summed E-state index contributed by atoms with van der Waals surface area (Å²) in [5.74, 6) is 0.176. The number of nitrogens with one attached hydrogen (secondary N) is 1. The number of H-pyrrole nitrogens is 1. The Hall–Kier alpha value is -1.29. The predicted octanol–water partition coefficient (Wildman–Crippen LogP) is 2.49. The fraction of sp³-hybridized carbons (Fsp3) is 0.688. The molecule has 0 aromatic carbocycles. The fourth-order valence-electron chi connectivity index (χ4n) is 4.06. The van der Waals surface area contributed by atoms with Crippen LogP contribution in [-0.4, -0.2) is 35.5 Å². The smallest absolute Gasteiger partial charge is 0.270 e. The molecule has 0 bridgehead atoms. The highest BCUT2D eigenvalue weighted by molar-refractivity contribution is 5.93. The van der Waals surface area contributed by atoms with E-state index in [9.17, 15) is 4.79 Å². The Morgan fingerprint density at radius 3 is 2.80 bits per heavy atom. The van der Waals surface area contributed by atoms with Gasteiger partial charge in [-0.1, -0.05) is 19.3 Å². The number of carbonyl (C=O) groups is 1. The van der Waals surface area contributed by atoms with E-state index >= 15 is 0 Å². The number of aromatic nitrogens is 1. The lowest BCUT2D eigenvalue weighted by molar-refractivity contribution is -0.0157. The molecule has 2 aliphatic heterocycles. The number of nitrogens with zero attached hydrogens (tertiary/aromatic N) is 1. The van der Waals surface area contributed by atoms with Crippen LogP contribution < -0.4 is 0 Å². The summed E-state index contributed by atoms with van der Waals surface area (Å²) in [6, 6.07) is 1.99. The zero-order chi connectivity index (χ0) is 13.6. The Morgan fingerprint density at radius 1 is 1.25 bits per heavy atom. The topological polar surface area (TPSA) is 45.3 Å². The minimum absolute atomic E-state index is 0.176. The first-order valence-corrected chi connectivity index (χ1v) is 7.84. The van der Waals surface area contributed by atoms with Gasteiger partial charge in [-0.3, -0.25) is 4.79 Å². The fourth-order valence-corrected chi connectivity index (χ4v) is 4.06. The van der Waals surface area contributed by atoms with Gasteiger partial charge in [-0.05, 0) is 24.5 Å². The number of hydrogen-bond donors (Lipinski definition) is 1. The van der Waals surface area contributed by atoms with Gasteiger partial charge in [0.1, 0.15) is 5.69 Å². The third-order valence-electron chi connectivity index (χ3n) is 5.23. The van der Waals surface area contributed by atoms with Crippen LogP contribution in [0.3, 0.4) is 0 Å². The average Bonchev–Trinajstić information content (AvgIpc) is 2.88. The third-order valence-corrected chi connectivity index (χ3v) is 5.23. The SMILES string of the molecule is O=C(c1cc2c([nH]1)CCOC2)N1CC2(CCCCC2)C1. The third kappa shape index (κ3) is 1.97. The Labute approximate surface area is 119 Å². The number of carbonyl (C=O) groups excluding carboxylic acids is 1. The van der Waals surface area contributed by atoms with Gasteiger partial charge in [0.15, 0.2) is 0 Å². The second kappa shape index (κ2) is 4.62. The van der Waals surface area contributed by atoms with Crippen molar-refractivity contribution >= 4 is 5.91 Å². The summed E-state index contributed by atoms with van der Waals surface area (Å²) in [7, 11) is 0. The van der Waals surface area contributed by atoms with Gasteiger partial charge in [0, 0.05) is 30.6 Å². The minimum atomic E-state index is 0.176. The lowest BCUT2D eigenvalue weighted by Crippen LogP contribution is -2.59. The van der Waals surface area contributed by atoms with Crippen molar-refractivity contribution in [1.82, 2.24) is 9.88 Å². The Kier molecular flexibility index (Phi) is 2.88. The van der Waals surface area contributed by atoms with Crippen molar-refractivity contribution in [3.05, 3.63) is 23.0 Å². The lowest BCUT2D eigenvalue weighted by atomic mass is 9.68. The first kappa shape index (κ1) is 12.5. The number of hydrogen-bond acceptors (Lipinski definition) is 2. The molecule has 20 heavy (non-hydrogen) atoms. The number of likely N-dealkylation sites (tertiary alicyclic amines) is 1. The zero-order valence-corrected chi connectivity index (χ0v) is 11.9. The van der Waals surface area contributed by atoms with Crippen molar-refractivity contribution in [3.63, 3.8) is 0 Å². The van der Waals surface area contributed by atoms with Crippen LogP contribution in [0.2, 0.25) is 0 Å². The van der Waals surface area contributed by atoms with Crippen LogP contribution in [0.5, 0.6) is 0 Å². The molecule has 3 aliphatic rings. The monoisotopic (exact) mass is 274 g/mol. The maximum Gasteiger partial charge on any atom is 0.270 e. The van der Waals surface area contributed by atoms with Crippen LogP contribution in [0.25, 0.3) is 0 Å². The first-order valence-electron chi connectivity index (χ1n) is 7.84. The number of rotatable bonds is 1. The number of aromatic amines is 1. The zero-order valence-electron chi connectivity index (χ0n) is 11.9. The van der Waals surface area contributed by atoms with Gasteiger partial charge in [-0.2, -0.15) is 0 Å². The second-order valence-corrected chi connectivity index (χ2v) is 6.71. The summed E-state index contributed by atoms with van der Waals surface area (Å²) in [4.78, 5) is 17.8. The summed E-state index contributed by atoms with van der Waals surface area (Å²) in [5, 5.41) is 0. The molecule has 2 fully saturated rings. The molecule has 4 rings (SSSR count). The van der Waals surface area contributed by atoms with Crippen molar-refractivity contribution in [1.29, 1.82) is 0 Å². The van der Waals surface area contributed by atoms with Gasteiger partial charge in [0.05, 0.1) is 13.2 Å². The van der Waals surface area contributed by atoms with E-state index in [2.05, 4.69) is 4.98 Å². The highest BCUT2D eigenvalue weighted by atomic mass is 16.5. The summed E-state index contributed by atoms with van der Waals surface area (Å²) in [5.41, 5.74) is 3.56. The summed E-state index contributed by atoms with van der Waals surface area (Å²) in [6.07, 6.45) is 7.58. The van der Waals surface area contributed by atoms with Gasteiger partial charge in [0.25, 0.3) is 5.91 Å². The number of amides is 1. The molecule has 0 radical (unpaired) electrons. The van der Waals surface area contributed by atoms with Crippen molar-refractivity contribution < 1.29 is 9.53 Å². The standard InChI is InChI=1S/C16H22N2O2/c19-15(14-8-12-9-20-7-4-13(12)17-14)18-10-16(11-18)5-2-1-3-6-16/h8,17H,1-7,9-11H2. The van der Waals surface area contributed by atoms with E-state index < -0.39 is 0 Å². The highest BCUT2D eigenvalue weighted by Gasteiger charge is 2.45. The predicted molar refractivity (Wildman–Crippen MR) is 75.6 cm³/mol. The van der Waals surface area contributed by atoms with E-state index in [0.717, 1.165) is 37.4 Å². The van der Waals surface area contributed by atoms with Crippen LogP contribution in [0.15, 0.2) is 6.07 Å². The van der Waals surface area contributed by atoms with Crippen molar-refractivity contribution in [2.45, 2.75) is 45.1 Å². The molecule has 108 valence electrons. The molecule has 4 nitrogen and oxygen atoms in total. The quantitative estimate of drug-likeness (QED) is 0.855. The molecular formula is C16H22N2O2. The van der Waals surface area contributed by atoms with Gasteiger partial charge >= 0.3 is 0 Å². The molecule has 1 saturated heterocycles. The van der Waals surface area contributed by atoms with Gasteiger partial charge in [-0.15, -0.1) is 0 Å². The summed E-state index contributed by atoms with van der Waals surface area (Å²) in [6.45, 7) is 3.33. The van der Waals surface area contributed by atoms with Crippen LogP contribution in [0.1, 0.15) is 53.8 Å². The van der Waals surface area contributed by atoms with Gasteiger partial charge < -0.3 is 14.6 Å². The molecule has 3 heterocycles. The van der Waals surface area contributed by atoms with E-state index in [-0.39, 0.29) is 5.91 Å². The molecule has 1 amide bonds. The Bertz CT molecular complexity index is 497. The van der Waals surface area contributed by atoms with Crippen molar-refractivity contribution in [3.8, 4) is 0 Å². The van der Waals surface area contributed by atoms with Crippen LogP contribution in [-0.2, 0) is 17.8 Å². The average molecular weight is 274 g/mol. The molecule has 1 aliphatic carbocycles. The minimum Gasteiger partial charge on any atom is -0.376 e. The van der Waals surface area contributed by atoms with Gasteiger partial charge in [0.2, 0.25) is 0 Å². The normalized spacial score (nSPS) is 24.3. The highest BCUT2D eigenvalue weighted by Crippen LogP contribution is 2.44. The van der Waals surface area contributed by atoms with E-state index in [1.165, 1.54) is 37.8 Å². The van der Waals surface area contributed by atoms with Crippen LogP contribution in [0.4, 0.5) is 0 Å². The van der Waals surface area contributed by atoms with Crippen molar-refractivity contribution in [2.24, 2.45) is 5.41 Å². The molecule has 0 unspecified atom stereocenters.